The summed E-state index contributed by atoms with van der Waals surface area (Å²) < 4.78 is 14.6. The van der Waals surface area contributed by atoms with Crippen LogP contribution in [0.25, 0.3) is 0 Å². The molecule has 34 heavy (non-hydrogen) atoms. The van der Waals surface area contributed by atoms with Crippen LogP contribution in [-0.2, 0) is 5.41 Å². The molecule has 0 bridgehead atoms. The molecule has 0 aliphatic carbocycles. The molecule has 3 rings (SSSR count). The van der Waals surface area contributed by atoms with Crippen LogP contribution in [0.3, 0.4) is 0 Å². The molecule has 3 aromatic rings. The number of nitrogens with zero attached hydrogens (tertiary/aromatic N) is 3. The zero-order valence-corrected chi connectivity index (χ0v) is 22.0. The predicted molar refractivity (Wildman–Crippen MR) is 137 cm³/mol. The van der Waals surface area contributed by atoms with Gasteiger partial charge in [-0.05, 0) is 41.0 Å². The molecule has 2 aromatic heterocycles. The van der Waals surface area contributed by atoms with Gasteiger partial charge in [-0.25, -0.2) is 0 Å². The number of phenolic OH excluding ortho intramolecular Hbond substituents is 1. The minimum atomic E-state index is -0.321. The van der Waals surface area contributed by atoms with Crippen molar-refractivity contribution in [2.24, 2.45) is 0 Å². The molecule has 3 N–H and O–H groups in total. The van der Waals surface area contributed by atoms with Crippen molar-refractivity contribution in [1.82, 2.24) is 13.6 Å². The molecular formula is C25H35N5O3S. The number of amides is 1. The maximum Gasteiger partial charge on any atom is 0.257 e. The number of hydrogen-bond donors (Lipinski definition) is 3. The number of aromatic hydroxyl groups is 1. The Hall–Kier alpha value is -3.07. The molecule has 1 atom stereocenters. The average molecular weight is 486 g/mol. The van der Waals surface area contributed by atoms with Gasteiger partial charge >= 0.3 is 0 Å². The van der Waals surface area contributed by atoms with Gasteiger partial charge in [-0.2, -0.15) is 8.75 Å². The van der Waals surface area contributed by atoms with E-state index in [0.717, 1.165) is 35.0 Å². The van der Waals surface area contributed by atoms with E-state index in [1.165, 1.54) is 4.90 Å². The lowest BCUT2D eigenvalue weighted by atomic mass is 9.82. The van der Waals surface area contributed by atoms with Crippen LogP contribution in [0.1, 0.15) is 87.2 Å². The molecule has 0 fully saturated rings. The third kappa shape index (κ3) is 5.35. The predicted octanol–water partition coefficient (Wildman–Crippen LogP) is 6.27. The van der Waals surface area contributed by atoms with Gasteiger partial charge in [0.2, 0.25) is 0 Å². The van der Waals surface area contributed by atoms with Gasteiger partial charge in [0.25, 0.3) is 5.91 Å². The summed E-state index contributed by atoms with van der Waals surface area (Å²) in [6.45, 7) is 12.4. The van der Waals surface area contributed by atoms with Crippen molar-refractivity contribution in [3.05, 3.63) is 46.9 Å². The number of carbonyl (C=O) groups excluding carboxylic acids is 1. The van der Waals surface area contributed by atoms with Crippen LogP contribution in [0.5, 0.6) is 5.75 Å². The minimum Gasteiger partial charge on any atom is -0.505 e. The lowest BCUT2D eigenvalue weighted by molar-refractivity contribution is 0.0822. The maximum atomic E-state index is 12.9. The Morgan fingerprint density at radius 1 is 1.21 bits per heavy atom. The fraction of sp³-hybridized carbons (Fsp3) is 0.480. The molecule has 0 spiro atoms. The molecule has 0 radical (unpaired) electrons. The Morgan fingerprint density at radius 2 is 1.88 bits per heavy atom. The Morgan fingerprint density at radius 3 is 2.44 bits per heavy atom. The number of phenols is 1. The Kier molecular flexibility index (Phi) is 7.55. The van der Waals surface area contributed by atoms with E-state index < -0.39 is 0 Å². The first kappa shape index (κ1) is 25.6. The minimum absolute atomic E-state index is 0.0836. The molecule has 1 aromatic carbocycles. The van der Waals surface area contributed by atoms with Gasteiger partial charge in [0.15, 0.2) is 17.4 Å². The second-order valence-electron chi connectivity index (χ2n) is 9.96. The van der Waals surface area contributed by atoms with Crippen molar-refractivity contribution in [2.45, 2.75) is 65.3 Å². The van der Waals surface area contributed by atoms with E-state index >= 15 is 0 Å². The van der Waals surface area contributed by atoms with E-state index in [1.807, 2.05) is 26.8 Å². The number of carbonyl (C=O) groups is 1. The zero-order chi connectivity index (χ0) is 25.2. The molecule has 2 heterocycles. The van der Waals surface area contributed by atoms with Crippen LogP contribution >= 0.6 is 11.7 Å². The zero-order valence-electron chi connectivity index (χ0n) is 21.2. The number of rotatable bonds is 8. The molecule has 184 valence electrons. The largest absolute Gasteiger partial charge is 0.505 e. The van der Waals surface area contributed by atoms with Crippen LogP contribution in [0.4, 0.5) is 17.3 Å². The molecule has 0 saturated heterocycles. The molecule has 1 amide bonds. The highest BCUT2D eigenvalue weighted by molar-refractivity contribution is 6.99. The first-order valence-corrected chi connectivity index (χ1v) is 12.2. The highest BCUT2D eigenvalue weighted by Gasteiger charge is 2.28. The van der Waals surface area contributed by atoms with Crippen LogP contribution in [0.2, 0.25) is 0 Å². The van der Waals surface area contributed by atoms with Crippen molar-refractivity contribution >= 4 is 35.0 Å². The SMILES string of the molecule is CC[C@@H](Nc1nsnc1Nc1ccc(C(C)(C)C)c(C(=O)N(C)C)c1O)c1cc(C(C)C)co1. The van der Waals surface area contributed by atoms with Crippen LogP contribution in [-0.4, -0.2) is 38.8 Å². The van der Waals surface area contributed by atoms with Gasteiger partial charge in [0.1, 0.15) is 5.76 Å². The lowest BCUT2D eigenvalue weighted by Gasteiger charge is -2.25. The van der Waals surface area contributed by atoms with Gasteiger partial charge in [-0.3, -0.25) is 4.79 Å². The fourth-order valence-corrected chi connectivity index (χ4v) is 4.12. The highest BCUT2D eigenvalue weighted by Crippen LogP contribution is 2.39. The van der Waals surface area contributed by atoms with E-state index in [1.54, 1.807) is 26.4 Å². The van der Waals surface area contributed by atoms with Crippen molar-refractivity contribution in [3.8, 4) is 5.75 Å². The van der Waals surface area contributed by atoms with E-state index in [4.69, 9.17) is 4.42 Å². The summed E-state index contributed by atoms with van der Waals surface area (Å²) in [6.07, 6.45) is 2.58. The van der Waals surface area contributed by atoms with Gasteiger partial charge in [0, 0.05) is 14.1 Å². The van der Waals surface area contributed by atoms with E-state index in [0.29, 0.717) is 23.2 Å². The van der Waals surface area contributed by atoms with Gasteiger partial charge in [-0.1, -0.05) is 47.6 Å². The maximum absolute atomic E-state index is 12.9. The fourth-order valence-electron chi connectivity index (χ4n) is 3.64. The second-order valence-corrected chi connectivity index (χ2v) is 10.5. The van der Waals surface area contributed by atoms with E-state index in [2.05, 4.69) is 46.2 Å². The average Bonchev–Trinajstić information content (AvgIpc) is 3.41. The molecule has 8 nitrogen and oxygen atoms in total. The van der Waals surface area contributed by atoms with Crippen LogP contribution in [0, 0.1) is 0 Å². The third-order valence-corrected chi connectivity index (χ3v) is 6.25. The molecule has 0 saturated carbocycles. The first-order chi connectivity index (χ1) is 15.9. The van der Waals surface area contributed by atoms with Crippen molar-refractivity contribution in [1.29, 1.82) is 0 Å². The summed E-state index contributed by atoms with van der Waals surface area (Å²) in [5, 5.41) is 17.7. The molecule has 0 aliphatic rings. The first-order valence-electron chi connectivity index (χ1n) is 11.5. The Labute approximate surface area is 205 Å². The van der Waals surface area contributed by atoms with E-state index in [-0.39, 0.29) is 28.7 Å². The standard InChI is InChI=1S/C25H35N5O3S/c1-9-17(19-12-15(13-33-19)14(2)3)26-22-23(29-34-28-22)27-18-11-10-16(25(4,5)6)20(21(18)31)24(32)30(7)8/h10-14,17,31H,9H2,1-8H3,(H,26,28)(H,27,29)/t17-/m1/s1. The highest BCUT2D eigenvalue weighted by atomic mass is 32.1. The number of benzene rings is 1. The number of nitrogens with one attached hydrogen (secondary N) is 2. The summed E-state index contributed by atoms with van der Waals surface area (Å²) in [6, 6.07) is 5.62. The summed E-state index contributed by atoms with van der Waals surface area (Å²) >= 11 is 1.06. The van der Waals surface area contributed by atoms with Gasteiger partial charge < -0.3 is 25.1 Å². The van der Waals surface area contributed by atoms with Gasteiger partial charge in [0.05, 0.1) is 35.3 Å². The number of anilines is 3. The summed E-state index contributed by atoms with van der Waals surface area (Å²) in [5.74, 6) is 1.88. The quantitative estimate of drug-likeness (QED) is 0.323. The monoisotopic (exact) mass is 485 g/mol. The molecule has 0 aliphatic heterocycles. The van der Waals surface area contributed by atoms with Crippen LogP contribution < -0.4 is 10.6 Å². The number of furan rings is 1. The number of hydrogen-bond acceptors (Lipinski definition) is 8. The van der Waals surface area contributed by atoms with E-state index in [9.17, 15) is 9.90 Å². The molecular weight excluding hydrogens is 450 g/mol. The van der Waals surface area contributed by atoms with Gasteiger partial charge in [-0.15, -0.1) is 0 Å². The summed E-state index contributed by atoms with van der Waals surface area (Å²) in [5.41, 5.74) is 2.27. The Balaban J connectivity index is 1.92. The van der Waals surface area contributed by atoms with Crippen molar-refractivity contribution in [2.75, 3.05) is 24.7 Å². The molecule has 0 unspecified atom stereocenters. The lowest BCUT2D eigenvalue weighted by Crippen LogP contribution is -2.26. The van der Waals surface area contributed by atoms with Crippen LogP contribution in [0.15, 0.2) is 28.9 Å². The number of aromatic nitrogens is 2. The van der Waals surface area contributed by atoms with Crippen molar-refractivity contribution in [3.63, 3.8) is 0 Å². The normalized spacial score (nSPS) is 12.6. The third-order valence-electron chi connectivity index (χ3n) is 5.72. The second kappa shape index (κ2) is 10.0. The topological polar surface area (TPSA) is 104 Å². The summed E-state index contributed by atoms with van der Waals surface area (Å²) in [7, 11) is 3.34. The summed E-state index contributed by atoms with van der Waals surface area (Å²) in [4.78, 5) is 14.4. The molecule has 9 heteroatoms. The van der Waals surface area contributed by atoms with Crippen molar-refractivity contribution < 1.29 is 14.3 Å². The smallest absolute Gasteiger partial charge is 0.257 e. The Bertz CT molecular complexity index is 1140.